The van der Waals surface area contributed by atoms with Gasteiger partial charge in [-0.05, 0) is 62.6 Å². The lowest BCUT2D eigenvalue weighted by atomic mass is 9.81. The molecular weight excluding hydrogens is 418 g/mol. The van der Waals surface area contributed by atoms with E-state index >= 15 is 0 Å². The van der Waals surface area contributed by atoms with Crippen molar-refractivity contribution in [1.82, 2.24) is 0 Å². The van der Waals surface area contributed by atoms with Crippen LogP contribution in [0.2, 0.25) is 5.02 Å². The smallest absolute Gasteiger partial charge is 0.253 e. The van der Waals surface area contributed by atoms with Crippen molar-refractivity contribution in [3.63, 3.8) is 0 Å². The fourth-order valence-corrected chi connectivity index (χ4v) is 4.91. The lowest BCUT2D eigenvalue weighted by molar-refractivity contribution is -0.121. The molecule has 166 valence electrons. The fraction of sp³-hybridized carbons (Fsp3) is 0.522. The standard InChI is InChI=1S/C23H28ClN3O4/c1-31-18-9-8-16(12-17(18)24)26-23(30)15-6-4-14(5-7-15)13-25-19-20(22(29)21(19)28)27-10-2-3-11-27/h8-9,12,14-15,25H,2-7,10-11,13H2,1H3,(H,26,30). The van der Waals surface area contributed by atoms with Gasteiger partial charge in [0.25, 0.3) is 10.9 Å². The third kappa shape index (κ3) is 4.56. The van der Waals surface area contributed by atoms with Gasteiger partial charge in [-0.1, -0.05) is 11.6 Å². The highest BCUT2D eigenvalue weighted by Gasteiger charge is 2.30. The fourth-order valence-electron chi connectivity index (χ4n) is 4.65. The highest BCUT2D eigenvalue weighted by atomic mass is 35.5. The van der Waals surface area contributed by atoms with Gasteiger partial charge in [-0.3, -0.25) is 14.4 Å². The Morgan fingerprint density at radius 3 is 2.48 bits per heavy atom. The van der Waals surface area contributed by atoms with E-state index < -0.39 is 5.43 Å². The van der Waals surface area contributed by atoms with Crippen molar-refractivity contribution < 1.29 is 9.53 Å². The Morgan fingerprint density at radius 1 is 1.13 bits per heavy atom. The van der Waals surface area contributed by atoms with Crippen molar-refractivity contribution >= 4 is 34.6 Å². The molecule has 0 aromatic heterocycles. The van der Waals surface area contributed by atoms with Gasteiger partial charge in [0.15, 0.2) is 0 Å². The van der Waals surface area contributed by atoms with Crippen LogP contribution in [0.25, 0.3) is 0 Å². The minimum atomic E-state index is -0.395. The summed E-state index contributed by atoms with van der Waals surface area (Å²) in [4.78, 5) is 38.7. The van der Waals surface area contributed by atoms with Gasteiger partial charge in [-0.25, -0.2) is 0 Å². The summed E-state index contributed by atoms with van der Waals surface area (Å²) in [6.07, 6.45) is 5.53. The molecule has 0 spiro atoms. The van der Waals surface area contributed by atoms with E-state index in [1.807, 2.05) is 4.90 Å². The maximum atomic E-state index is 12.6. The highest BCUT2D eigenvalue weighted by molar-refractivity contribution is 6.32. The van der Waals surface area contributed by atoms with E-state index in [0.717, 1.165) is 51.6 Å². The summed E-state index contributed by atoms with van der Waals surface area (Å²) in [6, 6.07) is 5.20. The molecule has 0 bridgehead atoms. The lowest BCUT2D eigenvalue weighted by Crippen LogP contribution is -2.42. The summed E-state index contributed by atoms with van der Waals surface area (Å²) in [5, 5.41) is 6.64. The van der Waals surface area contributed by atoms with E-state index in [1.165, 1.54) is 0 Å². The number of benzene rings is 1. The first-order chi connectivity index (χ1) is 15.0. The third-order valence-electron chi connectivity index (χ3n) is 6.51. The number of rotatable bonds is 7. The van der Waals surface area contributed by atoms with Gasteiger partial charge in [-0.2, -0.15) is 0 Å². The molecule has 4 rings (SSSR count). The van der Waals surface area contributed by atoms with Crippen LogP contribution in [0, 0.1) is 11.8 Å². The predicted octanol–water partition coefficient (Wildman–Crippen LogP) is 3.40. The Kier molecular flexibility index (Phi) is 6.51. The summed E-state index contributed by atoms with van der Waals surface area (Å²) in [5.41, 5.74) is 0.975. The van der Waals surface area contributed by atoms with E-state index in [4.69, 9.17) is 16.3 Å². The summed E-state index contributed by atoms with van der Waals surface area (Å²) in [6.45, 7) is 2.35. The van der Waals surface area contributed by atoms with Crippen LogP contribution in [0.15, 0.2) is 27.8 Å². The van der Waals surface area contributed by atoms with Gasteiger partial charge in [0.05, 0.1) is 12.1 Å². The van der Waals surface area contributed by atoms with Crippen molar-refractivity contribution in [2.45, 2.75) is 38.5 Å². The highest BCUT2D eigenvalue weighted by Crippen LogP contribution is 2.32. The number of nitrogens with zero attached hydrogens (tertiary/aromatic N) is 1. The average molecular weight is 446 g/mol. The topological polar surface area (TPSA) is 87.7 Å². The van der Waals surface area contributed by atoms with E-state index in [0.29, 0.717) is 40.3 Å². The van der Waals surface area contributed by atoms with Crippen molar-refractivity contribution in [2.24, 2.45) is 11.8 Å². The molecule has 0 radical (unpaired) electrons. The largest absolute Gasteiger partial charge is 0.495 e. The van der Waals surface area contributed by atoms with Gasteiger partial charge < -0.3 is 20.3 Å². The number of hydrogen-bond acceptors (Lipinski definition) is 6. The maximum Gasteiger partial charge on any atom is 0.253 e. The normalized spacial score (nSPS) is 21.3. The summed E-state index contributed by atoms with van der Waals surface area (Å²) < 4.78 is 5.14. The molecule has 2 aromatic rings. The molecule has 0 unspecified atom stereocenters. The number of ether oxygens (including phenoxy) is 1. The molecule has 8 heteroatoms. The van der Waals surface area contributed by atoms with E-state index in [-0.39, 0.29) is 17.3 Å². The molecule has 1 aliphatic heterocycles. The zero-order valence-corrected chi connectivity index (χ0v) is 18.5. The molecule has 1 amide bonds. The number of carbonyl (C=O) groups is 1. The van der Waals surface area contributed by atoms with Crippen LogP contribution < -0.4 is 31.1 Å². The Labute approximate surface area is 186 Å². The first-order valence-corrected chi connectivity index (χ1v) is 11.3. The van der Waals surface area contributed by atoms with E-state index in [2.05, 4.69) is 10.6 Å². The molecule has 1 saturated heterocycles. The molecule has 2 aromatic carbocycles. The first-order valence-electron chi connectivity index (χ1n) is 10.9. The second-order valence-electron chi connectivity index (χ2n) is 8.51. The van der Waals surface area contributed by atoms with Crippen LogP contribution in [0.1, 0.15) is 38.5 Å². The number of amides is 1. The molecule has 1 heterocycles. The molecule has 0 atom stereocenters. The predicted molar refractivity (Wildman–Crippen MR) is 123 cm³/mol. The number of carbonyl (C=O) groups excluding carboxylic acids is 1. The monoisotopic (exact) mass is 445 g/mol. The Hall–Kier alpha value is -2.54. The van der Waals surface area contributed by atoms with Gasteiger partial charge in [-0.15, -0.1) is 0 Å². The van der Waals surface area contributed by atoms with Crippen LogP contribution >= 0.6 is 11.6 Å². The lowest BCUT2D eigenvalue weighted by Gasteiger charge is -2.29. The molecule has 7 nitrogen and oxygen atoms in total. The Bertz CT molecular complexity index is 1020. The van der Waals surface area contributed by atoms with Crippen LogP contribution in [0.5, 0.6) is 5.75 Å². The zero-order valence-electron chi connectivity index (χ0n) is 17.7. The molecule has 1 saturated carbocycles. The van der Waals surface area contributed by atoms with Gasteiger partial charge in [0, 0.05) is 31.2 Å². The maximum absolute atomic E-state index is 12.6. The SMILES string of the molecule is COc1ccc(NC(=O)C2CCC(CNc3c(N4CCCC4)c(=O)c3=O)CC2)cc1Cl. The second-order valence-corrected chi connectivity index (χ2v) is 8.92. The van der Waals surface area contributed by atoms with Crippen molar-refractivity contribution in [3.8, 4) is 5.75 Å². The molecule has 31 heavy (non-hydrogen) atoms. The quantitative estimate of drug-likeness (QED) is 0.635. The van der Waals surface area contributed by atoms with Crippen LogP contribution in [0.3, 0.4) is 0 Å². The molecule has 2 N–H and O–H groups in total. The number of methoxy groups -OCH3 is 1. The third-order valence-corrected chi connectivity index (χ3v) is 6.81. The Morgan fingerprint density at radius 2 is 1.84 bits per heavy atom. The number of hydrogen-bond donors (Lipinski definition) is 2. The first kappa shape index (κ1) is 21.7. The summed E-state index contributed by atoms with van der Waals surface area (Å²) in [7, 11) is 1.55. The number of anilines is 3. The molecule has 2 fully saturated rings. The van der Waals surface area contributed by atoms with Crippen LogP contribution in [-0.2, 0) is 4.79 Å². The van der Waals surface area contributed by atoms with E-state index in [9.17, 15) is 14.4 Å². The van der Waals surface area contributed by atoms with Crippen LogP contribution in [0.4, 0.5) is 17.1 Å². The molecule has 2 aliphatic rings. The summed E-state index contributed by atoms with van der Waals surface area (Å²) >= 11 is 6.13. The van der Waals surface area contributed by atoms with E-state index in [1.54, 1.807) is 25.3 Å². The minimum Gasteiger partial charge on any atom is -0.495 e. The molecule has 1 aliphatic carbocycles. The molecular formula is C23H28ClN3O4. The minimum absolute atomic E-state index is 0.00596. The van der Waals surface area contributed by atoms with Crippen LogP contribution in [-0.4, -0.2) is 32.7 Å². The summed E-state index contributed by atoms with van der Waals surface area (Å²) in [5.74, 6) is 0.924. The van der Waals surface area contributed by atoms with Gasteiger partial charge in [0.2, 0.25) is 5.91 Å². The van der Waals surface area contributed by atoms with Crippen molar-refractivity contribution in [3.05, 3.63) is 43.7 Å². The number of nitrogens with one attached hydrogen (secondary N) is 2. The van der Waals surface area contributed by atoms with Crippen molar-refractivity contribution in [1.29, 1.82) is 0 Å². The van der Waals surface area contributed by atoms with Gasteiger partial charge in [0.1, 0.15) is 17.1 Å². The van der Waals surface area contributed by atoms with Crippen molar-refractivity contribution in [2.75, 3.05) is 42.3 Å². The zero-order chi connectivity index (χ0) is 22.0. The Balaban J connectivity index is 1.26. The van der Waals surface area contributed by atoms with Gasteiger partial charge >= 0.3 is 0 Å². The number of halogens is 1. The second kappa shape index (κ2) is 9.30. The average Bonchev–Trinajstić information content (AvgIpc) is 3.30.